The normalized spacial score (nSPS) is 13.4. The third-order valence-corrected chi connectivity index (χ3v) is 15.0. The fourth-order valence-electron chi connectivity index (χ4n) is 9.74. The van der Waals surface area contributed by atoms with Gasteiger partial charge in [-0.05, 0) is 96.3 Å². The van der Waals surface area contributed by atoms with Crippen LogP contribution in [0.3, 0.4) is 0 Å². The Morgan fingerprint density at radius 2 is 0.635 bits per heavy atom. The van der Waals surface area contributed by atoms with E-state index in [9.17, 15) is 19.5 Å². The van der Waals surface area contributed by atoms with Gasteiger partial charge in [0.05, 0.1) is 34.4 Å². The van der Waals surface area contributed by atoms with Crippen LogP contribution < -0.4 is 0 Å². The summed E-state index contributed by atoms with van der Waals surface area (Å²) in [6, 6.07) is 0. The van der Waals surface area contributed by atoms with E-state index in [1.54, 1.807) is 0 Å². The molecule has 0 spiro atoms. The molecule has 0 radical (unpaired) electrons. The van der Waals surface area contributed by atoms with Crippen molar-refractivity contribution in [3.63, 3.8) is 0 Å². The third kappa shape index (κ3) is 67.3. The van der Waals surface area contributed by atoms with E-state index in [0.29, 0.717) is 17.4 Å². The third-order valence-electron chi connectivity index (χ3n) is 15.0. The number of carbonyl (C=O) groups is 3. The lowest BCUT2D eigenvalue weighted by molar-refractivity contribution is -0.870. The summed E-state index contributed by atoms with van der Waals surface area (Å²) < 4.78 is 23.0. The van der Waals surface area contributed by atoms with Gasteiger partial charge in [0.25, 0.3) is 6.29 Å². The average Bonchev–Trinajstić information content (AvgIpc) is 3.48. The van der Waals surface area contributed by atoms with Crippen LogP contribution in [0.2, 0.25) is 0 Å². The van der Waals surface area contributed by atoms with E-state index in [-0.39, 0.29) is 32.2 Å². The summed E-state index contributed by atoms with van der Waals surface area (Å²) in [5, 5.41) is 9.74. The molecule has 9 heteroatoms. The number of unbranched alkanes of at least 4 members (excludes halogenated alkanes) is 31. The summed E-state index contributed by atoms with van der Waals surface area (Å²) in [7, 11) is 5.98. The van der Waals surface area contributed by atoms with Crippen molar-refractivity contribution in [2.45, 2.75) is 309 Å². The Labute approximate surface area is 524 Å². The lowest BCUT2D eigenvalue weighted by atomic mass is 10.0. The van der Waals surface area contributed by atoms with Crippen molar-refractivity contribution in [1.82, 2.24) is 0 Å². The SMILES string of the molecule is CC/C=C\C/C=C\C/C=C\C/C=C\C/C=C\CCCCCCCCCCCCCCCCCCCCCCCC(=O)OC(COC(=O)CCCCCCCCCCCC/C=C\C/C=C\C/C=C\C/C=C\CC)COC(OCC[N+](C)(C)C)C(=O)O. The molecular weight excluding hydrogens is 1050 g/mol. The first-order valence-electron chi connectivity index (χ1n) is 35.1. The number of aliphatic carboxylic acids is 1. The average molecular weight is 1190 g/mol. The van der Waals surface area contributed by atoms with E-state index in [1.807, 2.05) is 21.1 Å². The highest BCUT2D eigenvalue weighted by Crippen LogP contribution is 2.18. The first-order valence-corrected chi connectivity index (χ1v) is 35.1. The Morgan fingerprint density at radius 1 is 0.353 bits per heavy atom. The minimum Gasteiger partial charge on any atom is -0.477 e. The minimum atomic E-state index is -1.52. The maximum Gasteiger partial charge on any atom is 0.361 e. The van der Waals surface area contributed by atoms with Crippen LogP contribution in [0.1, 0.15) is 296 Å². The highest BCUT2D eigenvalue weighted by atomic mass is 16.7. The van der Waals surface area contributed by atoms with Crippen molar-refractivity contribution in [3.05, 3.63) is 109 Å². The van der Waals surface area contributed by atoms with Gasteiger partial charge in [0.1, 0.15) is 13.2 Å². The Bertz CT molecular complexity index is 1760. The summed E-state index contributed by atoms with van der Waals surface area (Å²) in [6.07, 6.45) is 89.2. The molecule has 0 aromatic rings. The largest absolute Gasteiger partial charge is 0.477 e. The van der Waals surface area contributed by atoms with Gasteiger partial charge in [-0.3, -0.25) is 9.59 Å². The van der Waals surface area contributed by atoms with Crippen LogP contribution in [0, 0.1) is 0 Å². The second-order valence-electron chi connectivity index (χ2n) is 24.4. The van der Waals surface area contributed by atoms with Gasteiger partial charge in [-0.25, -0.2) is 4.79 Å². The molecule has 85 heavy (non-hydrogen) atoms. The number of hydrogen-bond donors (Lipinski definition) is 1. The highest BCUT2D eigenvalue weighted by Gasteiger charge is 2.25. The fourth-order valence-corrected chi connectivity index (χ4v) is 9.74. The standard InChI is InChI=1S/C76H131NO8/c1-6-8-10-12-14-16-18-20-22-24-26-28-30-31-32-33-34-35-36-37-38-39-40-41-42-43-45-47-49-51-53-55-57-59-61-63-65-67-74(79)85-72(71-84-76(75(80)81)82-69-68-77(3,4)5)70-83-73(78)66-64-62-60-58-56-54-52-50-48-46-44-29-27-25-23-21-19-17-15-13-11-9-7-2/h8-11,14-17,20-23,26-29,31-32,72,76H,6-7,12-13,18-19,24-25,30,33-71H2,1-5H3/p+1/b10-8-,11-9-,16-14-,17-15-,22-20-,23-21-,28-26-,29-27-,32-31-. The van der Waals surface area contributed by atoms with E-state index in [2.05, 4.69) is 123 Å². The van der Waals surface area contributed by atoms with Gasteiger partial charge in [0.2, 0.25) is 0 Å². The van der Waals surface area contributed by atoms with Crippen molar-refractivity contribution in [2.75, 3.05) is 47.5 Å². The van der Waals surface area contributed by atoms with Gasteiger partial charge in [0, 0.05) is 12.8 Å². The second kappa shape index (κ2) is 65.9. The molecule has 0 fully saturated rings. The molecule has 9 nitrogen and oxygen atoms in total. The van der Waals surface area contributed by atoms with Gasteiger partial charge < -0.3 is 28.5 Å². The molecule has 0 aromatic heterocycles. The zero-order valence-electron chi connectivity index (χ0n) is 55.7. The minimum absolute atomic E-state index is 0.184. The molecule has 0 saturated carbocycles. The molecule has 0 aliphatic heterocycles. The van der Waals surface area contributed by atoms with Crippen LogP contribution in [0.5, 0.6) is 0 Å². The van der Waals surface area contributed by atoms with E-state index in [0.717, 1.165) is 103 Å². The number of ether oxygens (including phenoxy) is 4. The van der Waals surface area contributed by atoms with Crippen LogP contribution in [-0.2, 0) is 33.3 Å². The van der Waals surface area contributed by atoms with Crippen LogP contribution in [-0.4, -0.2) is 87.4 Å². The van der Waals surface area contributed by atoms with Crippen LogP contribution in [0.15, 0.2) is 109 Å². The predicted octanol–water partition coefficient (Wildman–Crippen LogP) is 21.8. The molecule has 0 amide bonds. The van der Waals surface area contributed by atoms with E-state index >= 15 is 0 Å². The van der Waals surface area contributed by atoms with E-state index in [4.69, 9.17) is 18.9 Å². The first-order chi connectivity index (χ1) is 41.6. The van der Waals surface area contributed by atoms with Gasteiger partial charge in [-0.2, -0.15) is 0 Å². The molecule has 0 rings (SSSR count). The van der Waals surface area contributed by atoms with Crippen molar-refractivity contribution in [2.24, 2.45) is 0 Å². The van der Waals surface area contributed by atoms with Gasteiger partial charge >= 0.3 is 17.9 Å². The Hall–Kier alpha value is -4.05. The number of esters is 2. The summed E-state index contributed by atoms with van der Waals surface area (Å²) in [4.78, 5) is 37.6. The first kappa shape index (κ1) is 81.0. The quantitative estimate of drug-likeness (QED) is 0.0211. The van der Waals surface area contributed by atoms with Crippen LogP contribution in [0.25, 0.3) is 0 Å². The fraction of sp³-hybridized carbons (Fsp3) is 0.724. The Morgan fingerprint density at radius 3 is 0.941 bits per heavy atom. The number of allylic oxidation sites excluding steroid dienone is 18. The number of rotatable bonds is 64. The number of nitrogens with zero attached hydrogens (tertiary/aromatic N) is 1. The lowest BCUT2D eigenvalue weighted by Gasteiger charge is -2.25. The second-order valence-corrected chi connectivity index (χ2v) is 24.4. The number of carboxylic acids is 1. The summed E-state index contributed by atoms with van der Waals surface area (Å²) >= 11 is 0. The highest BCUT2D eigenvalue weighted by molar-refractivity contribution is 5.71. The summed E-state index contributed by atoms with van der Waals surface area (Å²) in [5.41, 5.74) is 0. The predicted molar refractivity (Wildman–Crippen MR) is 364 cm³/mol. The van der Waals surface area contributed by atoms with Gasteiger partial charge in [-0.1, -0.05) is 297 Å². The molecule has 0 bridgehead atoms. The smallest absolute Gasteiger partial charge is 0.361 e. The van der Waals surface area contributed by atoms with Crippen molar-refractivity contribution >= 4 is 17.9 Å². The Balaban J connectivity index is 4.06. The van der Waals surface area contributed by atoms with Crippen molar-refractivity contribution < 1.29 is 42.9 Å². The molecule has 1 N–H and O–H groups in total. The topological polar surface area (TPSA) is 108 Å². The number of hydrogen-bond acceptors (Lipinski definition) is 7. The van der Waals surface area contributed by atoms with E-state index in [1.165, 1.54) is 167 Å². The monoisotopic (exact) mass is 1190 g/mol. The molecular formula is C76H132NO8+. The summed E-state index contributed by atoms with van der Waals surface area (Å²) in [6.45, 7) is 4.67. The number of likely N-dealkylation sites (N-methyl/N-ethyl adjacent to an activating group) is 1. The van der Waals surface area contributed by atoms with E-state index < -0.39 is 24.3 Å². The van der Waals surface area contributed by atoms with Crippen LogP contribution in [0.4, 0.5) is 0 Å². The molecule has 2 unspecified atom stereocenters. The number of carbonyl (C=O) groups excluding carboxylic acids is 2. The van der Waals surface area contributed by atoms with Crippen molar-refractivity contribution in [1.29, 1.82) is 0 Å². The lowest BCUT2D eigenvalue weighted by Crippen LogP contribution is -2.40. The molecule has 0 aliphatic carbocycles. The Kier molecular flexibility index (Phi) is 62.8. The van der Waals surface area contributed by atoms with Crippen LogP contribution >= 0.6 is 0 Å². The molecule has 488 valence electrons. The van der Waals surface area contributed by atoms with Gasteiger partial charge in [0.15, 0.2) is 6.10 Å². The number of quaternary nitrogens is 1. The number of carboxylic acid groups (broad SMARTS) is 1. The summed E-state index contributed by atoms with van der Waals surface area (Å²) in [5.74, 6) is -2.00. The maximum atomic E-state index is 12.9. The molecule has 0 aliphatic rings. The maximum absolute atomic E-state index is 12.9. The molecule has 2 atom stereocenters. The molecule has 0 saturated heterocycles. The van der Waals surface area contributed by atoms with Crippen molar-refractivity contribution in [3.8, 4) is 0 Å². The van der Waals surface area contributed by atoms with Gasteiger partial charge in [-0.15, -0.1) is 0 Å². The molecule has 0 aromatic carbocycles. The zero-order chi connectivity index (χ0) is 61.9. The zero-order valence-corrected chi connectivity index (χ0v) is 55.7. The molecule has 0 heterocycles.